The molecule has 1 saturated heterocycles. The molecule has 1 amide bonds. The summed E-state index contributed by atoms with van der Waals surface area (Å²) >= 11 is 0. The van der Waals surface area contributed by atoms with Gasteiger partial charge in [-0.15, -0.1) is 0 Å². The zero-order valence-corrected chi connectivity index (χ0v) is 14.2. The van der Waals surface area contributed by atoms with Crippen LogP contribution in [0.4, 0.5) is 0 Å². The minimum Gasteiger partial charge on any atom is -0.379 e. The largest absolute Gasteiger partial charge is 0.379 e. The molecule has 1 fully saturated rings. The molecule has 0 aliphatic carbocycles. The molecule has 1 unspecified atom stereocenters. The number of morpholine rings is 1. The first kappa shape index (κ1) is 18.4. The van der Waals surface area contributed by atoms with Crippen molar-refractivity contribution in [2.45, 2.75) is 58.5 Å². The van der Waals surface area contributed by atoms with Crippen molar-refractivity contribution in [2.75, 3.05) is 32.8 Å². The Morgan fingerprint density at radius 2 is 1.95 bits per heavy atom. The van der Waals surface area contributed by atoms with Gasteiger partial charge in [-0.25, -0.2) is 0 Å². The molecule has 0 aromatic carbocycles. The Hall–Kier alpha value is -0.650. The highest BCUT2D eigenvalue weighted by Gasteiger charge is 2.22. The van der Waals surface area contributed by atoms with Gasteiger partial charge in [0.05, 0.1) is 13.2 Å². The smallest absolute Gasteiger partial charge is 0.220 e. The molecular formula is C16H33N3O2. The van der Waals surface area contributed by atoms with Gasteiger partial charge in [0.2, 0.25) is 5.91 Å². The van der Waals surface area contributed by atoms with E-state index < -0.39 is 0 Å². The second-order valence-corrected chi connectivity index (χ2v) is 7.22. The zero-order valence-electron chi connectivity index (χ0n) is 14.2. The van der Waals surface area contributed by atoms with Gasteiger partial charge in [0.25, 0.3) is 0 Å². The van der Waals surface area contributed by atoms with Gasteiger partial charge in [-0.1, -0.05) is 13.8 Å². The molecule has 1 atom stereocenters. The normalized spacial score (nSPS) is 18.8. The van der Waals surface area contributed by atoms with E-state index in [2.05, 4.69) is 24.1 Å². The lowest BCUT2D eigenvalue weighted by atomic mass is 9.99. The van der Waals surface area contributed by atoms with Gasteiger partial charge in [-0.05, 0) is 32.6 Å². The first-order valence-electron chi connectivity index (χ1n) is 8.15. The summed E-state index contributed by atoms with van der Waals surface area (Å²) in [7, 11) is 0. The Morgan fingerprint density at radius 1 is 1.33 bits per heavy atom. The quantitative estimate of drug-likeness (QED) is 0.710. The maximum Gasteiger partial charge on any atom is 0.220 e. The lowest BCUT2D eigenvalue weighted by Crippen LogP contribution is -2.49. The van der Waals surface area contributed by atoms with E-state index in [-0.39, 0.29) is 11.4 Å². The van der Waals surface area contributed by atoms with Crippen LogP contribution in [0.2, 0.25) is 0 Å². The summed E-state index contributed by atoms with van der Waals surface area (Å²) in [6.07, 6.45) is 2.31. The van der Waals surface area contributed by atoms with Crippen molar-refractivity contribution in [1.82, 2.24) is 10.2 Å². The van der Waals surface area contributed by atoms with Crippen molar-refractivity contribution in [3.8, 4) is 0 Å². The Labute approximate surface area is 129 Å². The first-order valence-corrected chi connectivity index (χ1v) is 8.15. The minimum atomic E-state index is -0.279. The van der Waals surface area contributed by atoms with E-state index in [1.54, 1.807) is 0 Å². The third-order valence-corrected chi connectivity index (χ3v) is 3.84. The molecule has 0 radical (unpaired) electrons. The van der Waals surface area contributed by atoms with Crippen LogP contribution in [-0.2, 0) is 9.53 Å². The van der Waals surface area contributed by atoms with Gasteiger partial charge in [0.1, 0.15) is 0 Å². The summed E-state index contributed by atoms with van der Waals surface area (Å²) in [6, 6.07) is 0.406. The van der Waals surface area contributed by atoms with Crippen LogP contribution in [0.1, 0.15) is 47.0 Å². The van der Waals surface area contributed by atoms with Crippen LogP contribution in [0, 0.1) is 5.92 Å². The van der Waals surface area contributed by atoms with Gasteiger partial charge in [0.15, 0.2) is 0 Å². The monoisotopic (exact) mass is 299 g/mol. The third kappa shape index (κ3) is 8.39. The van der Waals surface area contributed by atoms with Crippen molar-refractivity contribution in [2.24, 2.45) is 11.7 Å². The standard InChI is InChI=1S/C16H33N3O2/c1-13(2)11-14(19-7-9-21-10-8-19)12-18-15(20)5-6-16(3,4)17/h13-14H,5-12,17H2,1-4H3,(H,18,20). The fourth-order valence-corrected chi connectivity index (χ4v) is 2.60. The number of nitrogens with one attached hydrogen (secondary N) is 1. The molecule has 124 valence electrons. The summed E-state index contributed by atoms with van der Waals surface area (Å²) in [5.41, 5.74) is 5.64. The van der Waals surface area contributed by atoms with E-state index in [1.807, 2.05) is 13.8 Å². The van der Waals surface area contributed by atoms with Crippen molar-refractivity contribution in [3.63, 3.8) is 0 Å². The number of carbonyl (C=O) groups excluding carboxylic acids is 1. The molecule has 0 bridgehead atoms. The molecule has 0 spiro atoms. The molecule has 0 aromatic rings. The lowest BCUT2D eigenvalue weighted by molar-refractivity contribution is -0.121. The number of ether oxygens (including phenoxy) is 1. The molecule has 0 saturated carbocycles. The summed E-state index contributed by atoms with van der Waals surface area (Å²) in [6.45, 7) is 12.6. The number of hydrogen-bond acceptors (Lipinski definition) is 4. The van der Waals surface area contributed by atoms with E-state index in [1.165, 1.54) is 0 Å². The minimum absolute atomic E-state index is 0.107. The Kier molecular flexibility index (Phi) is 7.63. The van der Waals surface area contributed by atoms with Crippen molar-refractivity contribution in [1.29, 1.82) is 0 Å². The van der Waals surface area contributed by atoms with E-state index >= 15 is 0 Å². The molecule has 5 nitrogen and oxygen atoms in total. The van der Waals surface area contributed by atoms with Gasteiger partial charge < -0.3 is 15.8 Å². The fraction of sp³-hybridized carbons (Fsp3) is 0.938. The Bertz CT molecular complexity index is 307. The maximum atomic E-state index is 12.0. The maximum absolute atomic E-state index is 12.0. The van der Waals surface area contributed by atoms with Gasteiger partial charge >= 0.3 is 0 Å². The summed E-state index contributed by atoms with van der Waals surface area (Å²) in [4.78, 5) is 14.4. The SMILES string of the molecule is CC(C)CC(CNC(=O)CCC(C)(C)N)N1CCOCC1. The highest BCUT2D eigenvalue weighted by Crippen LogP contribution is 2.13. The fourth-order valence-electron chi connectivity index (χ4n) is 2.60. The van der Waals surface area contributed by atoms with E-state index in [0.29, 0.717) is 24.8 Å². The molecule has 1 aliphatic heterocycles. The molecule has 5 heteroatoms. The molecule has 1 aliphatic rings. The molecular weight excluding hydrogens is 266 g/mol. The average molecular weight is 299 g/mol. The van der Waals surface area contributed by atoms with Crippen LogP contribution >= 0.6 is 0 Å². The average Bonchev–Trinajstić information content (AvgIpc) is 2.41. The predicted octanol–water partition coefficient (Wildman–Crippen LogP) is 1.37. The number of hydrogen-bond donors (Lipinski definition) is 2. The van der Waals surface area contributed by atoms with Crippen LogP contribution in [0.15, 0.2) is 0 Å². The van der Waals surface area contributed by atoms with Gasteiger partial charge in [-0.2, -0.15) is 0 Å². The van der Waals surface area contributed by atoms with Gasteiger partial charge in [0, 0.05) is 37.6 Å². The first-order chi connectivity index (χ1) is 9.78. The van der Waals surface area contributed by atoms with Crippen molar-refractivity contribution in [3.05, 3.63) is 0 Å². The second-order valence-electron chi connectivity index (χ2n) is 7.22. The number of rotatable bonds is 8. The lowest BCUT2D eigenvalue weighted by Gasteiger charge is -2.35. The molecule has 3 N–H and O–H groups in total. The molecule has 1 rings (SSSR count). The highest BCUT2D eigenvalue weighted by molar-refractivity contribution is 5.75. The molecule has 1 heterocycles. The zero-order chi connectivity index (χ0) is 15.9. The topological polar surface area (TPSA) is 67.6 Å². The Morgan fingerprint density at radius 3 is 2.48 bits per heavy atom. The number of amides is 1. The van der Waals surface area contributed by atoms with E-state index in [9.17, 15) is 4.79 Å². The number of carbonyl (C=O) groups is 1. The van der Waals surface area contributed by atoms with Crippen molar-refractivity contribution < 1.29 is 9.53 Å². The molecule has 0 aromatic heterocycles. The van der Waals surface area contributed by atoms with E-state index in [4.69, 9.17) is 10.5 Å². The van der Waals surface area contributed by atoms with Crippen LogP contribution < -0.4 is 11.1 Å². The summed E-state index contributed by atoms with van der Waals surface area (Å²) in [5.74, 6) is 0.730. The highest BCUT2D eigenvalue weighted by atomic mass is 16.5. The summed E-state index contributed by atoms with van der Waals surface area (Å²) in [5, 5.41) is 3.08. The van der Waals surface area contributed by atoms with Crippen LogP contribution in [0.3, 0.4) is 0 Å². The Balaban J connectivity index is 2.39. The van der Waals surface area contributed by atoms with Crippen molar-refractivity contribution >= 4 is 5.91 Å². The van der Waals surface area contributed by atoms with Gasteiger partial charge in [-0.3, -0.25) is 9.69 Å². The van der Waals surface area contributed by atoms with Crippen LogP contribution in [-0.4, -0.2) is 55.2 Å². The summed E-state index contributed by atoms with van der Waals surface area (Å²) < 4.78 is 5.41. The number of nitrogens with zero attached hydrogens (tertiary/aromatic N) is 1. The van der Waals surface area contributed by atoms with Crippen LogP contribution in [0.25, 0.3) is 0 Å². The van der Waals surface area contributed by atoms with Crippen LogP contribution in [0.5, 0.6) is 0 Å². The second kappa shape index (κ2) is 8.71. The predicted molar refractivity (Wildman–Crippen MR) is 86.1 cm³/mol. The van der Waals surface area contributed by atoms with E-state index in [0.717, 1.165) is 39.3 Å². The number of nitrogens with two attached hydrogens (primary N) is 1. The molecule has 21 heavy (non-hydrogen) atoms. The third-order valence-electron chi connectivity index (χ3n) is 3.84.